The first-order valence-corrected chi connectivity index (χ1v) is 6.88. The van der Waals surface area contributed by atoms with Crippen molar-refractivity contribution < 1.29 is 14.7 Å². The van der Waals surface area contributed by atoms with Crippen molar-refractivity contribution in [3.63, 3.8) is 0 Å². The van der Waals surface area contributed by atoms with Crippen LogP contribution >= 0.6 is 11.8 Å². The fourth-order valence-electron chi connectivity index (χ4n) is 2.35. The first-order chi connectivity index (χ1) is 8.18. The molecule has 2 atom stereocenters. The van der Waals surface area contributed by atoms with E-state index in [0.717, 1.165) is 25.1 Å². The molecule has 6 heteroatoms. The van der Waals surface area contributed by atoms with E-state index in [0.29, 0.717) is 18.0 Å². The molecular formula is C11H16N2O3S. The summed E-state index contributed by atoms with van der Waals surface area (Å²) in [5.74, 6) is -1.07. The number of carbonyl (C=O) groups excluding carboxylic acids is 1. The summed E-state index contributed by atoms with van der Waals surface area (Å²) >= 11 is 1.51. The largest absolute Gasteiger partial charge is 0.481 e. The van der Waals surface area contributed by atoms with Crippen LogP contribution in [0.4, 0.5) is 0 Å². The highest BCUT2D eigenvalue weighted by molar-refractivity contribution is 8.14. The number of aliphatic carboxylic acids is 1. The van der Waals surface area contributed by atoms with Crippen molar-refractivity contribution in [2.24, 2.45) is 16.8 Å². The van der Waals surface area contributed by atoms with Gasteiger partial charge in [0, 0.05) is 5.75 Å². The van der Waals surface area contributed by atoms with E-state index in [1.54, 1.807) is 0 Å². The molecule has 2 N–H and O–H groups in total. The zero-order valence-electron chi connectivity index (χ0n) is 9.52. The number of rotatable bonds is 2. The van der Waals surface area contributed by atoms with Gasteiger partial charge in [-0.15, -0.1) is 0 Å². The van der Waals surface area contributed by atoms with E-state index in [2.05, 4.69) is 10.3 Å². The zero-order chi connectivity index (χ0) is 12.3. The van der Waals surface area contributed by atoms with Gasteiger partial charge in [0.2, 0.25) is 5.91 Å². The summed E-state index contributed by atoms with van der Waals surface area (Å²) in [5, 5.41) is 12.5. The van der Waals surface area contributed by atoms with Crippen molar-refractivity contribution in [3.8, 4) is 0 Å². The predicted molar refractivity (Wildman–Crippen MR) is 66.0 cm³/mol. The van der Waals surface area contributed by atoms with Gasteiger partial charge in [-0.2, -0.15) is 0 Å². The molecule has 1 aliphatic carbocycles. The molecule has 94 valence electrons. The first kappa shape index (κ1) is 12.4. The van der Waals surface area contributed by atoms with Crippen molar-refractivity contribution in [2.45, 2.75) is 25.7 Å². The van der Waals surface area contributed by atoms with Gasteiger partial charge < -0.3 is 10.4 Å². The fraction of sp³-hybridized carbons (Fsp3) is 0.727. The Morgan fingerprint density at radius 3 is 2.59 bits per heavy atom. The number of carboxylic acids is 1. The molecule has 0 radical (unpaired) electrons. The third kappa shape index (κ3) is 3.00. The Kier molecular flexibility index (Phi) is 4.04. The SMILES string of the molecule is O=C(O)[C@@H]1CCCC[C@H]1C(=O)NC1=NCCS1. The molecule has 1 amide bonds. The number of aliphatic imine (C=N–C) groups is 1. The van der Waals surface area contributed by atoms with E-state index >= 15 is 0 Å². The summed E-state index contributed by atoms with van der Waals surface area (Å²) in [7, 11) is 0. The van der Waals surface area contributed by atoms with Crippen molar-refractivity contribution in [3.05, 3.63) is 0 Å². The average Bonchev–Trinajstić information content (AvgIpc) is 2.81. The Morgan fingerprint density at radius 1 is 1.29 bits per heavy atom. The number of nitrogens with zero attached hydrogens (tertiary/aromatic N) is 1. The van der Waals surface area contributed by atoms with E-state index < -0.39 is 17.8 Å². The summed E-state index contributed by atoms with van der Waals surface area (Å²) in [4.78, 5) is 27.2. The molecule has 1 fully saturated rings. The summed E-state index contributed by atoms with van der Waals surface area (Å²) in [6.45, 7) is 0.729. The molecule has 0 aromatic heterocycles. The van der Waals surface area contributed by atoms with Crippen LogP contribution in [-0.2, 0) is 9.59 Å². The highest BCUT2D eigenvalue weighted by Gasteiger charge is 2.36. The molecule has 17 heavy (non-hydrogen) atoms. The lowest BCUT2D eigenvalue weighted by molar-refractivity contribution is -0.148. The minimum atomic E-state index is -0.856. The van der Waals surface area contributed by atoms with Crippen LogP contribution < -0.4 is 5.32 Å². The van der Waals surface area contributed by atoms with Crippen LogP contribution in [0.25, 0.3) is 0 Å². The maximum Gasteiger partial charge on any atom is 0.307 e. The Bertz CT molecular complexity index is 357. The number of amidine groups is 1. The van der Waals surface area contributed by atoms with Gasteiger partial charge in [-0.1, -0.05) is 24.6 Å². The second kappa shape index (κ2) is 5.53. The second-order valence-electron chi connectivity index (χ2n) is 4.36. The third-order valence-electron chi connectivity index (χ3n) is 3.24. The van der Waals surface area contributed by atoms with Crippen LogP contribution in [0, 0.1) is 11.8 Å². The molecule has 2 aliphatic rings. The van der Waals surface area contributed by atoms with Crippen molar-refractivity contribution in [1.29, 1.82) is 0 Å². The Balaban J connectivity index is 1.98. The van der Waals surface area contributed by atoms with Crippen LogP contribution in [0.2, 0.25) is 0 Å². The Morgan fingerprint density at radius 2 is 2.00 bits per heavy atom. The molecule has 0 saturated heterocycles. The molecule has 2 rings (SSSR count). The molecule has 5 nitrogen and oxygen atoms in total. The smallest absolute Gasteiger partial charge is 0.307 e. The molecule has 0 spiro atoms. The molecule has 0 bridgehead atoms. The third-order valence-corrected chi connectivity index (χ3v) is 4.13. The van der Waals surface area contributed by atoms with Gasteiger partial charge in [0.25, 0.3) is 0 Å². The highest BCUT2D eigenvalue weighted by Crippen LogP contribution is 2.30. The molecule has 0 unspecified atom stereocenters. The lowest BCUT2D eigenvalue weighted by Gasteiger charge is -2.27. The normalized spacial score (nSPS) is 28.6. The highest BCUT2D eigenvalue weighted by atomic mass is 32.2. The summed E-state index contributed by atoms with van der Waals surface area (Å²) in [6, 6.07) is 0. The Labute approximate surface area is 104 Å². The number of nitrogens with one attached hydrogen (secondary N) is 1. The summed E-state index contributed by atoms with van der Waals surface area (Å²) in [6.07, 6.45) is 3.10. The quantitative estimate of drug-likeness (QED) is 0.775. The molecule has 1 heterocycles. The van der Waals surface area contributed by atoms with E-state index in [1.807, 2.05) is 0 Å². The van der Waals surface area contributed by atoms with Crippen molar-refractivity contribution >= 4 is 28.8 Å². The van der Waals surface area contributed by atoms with Gasteiger partial charge in [-0.25, -0.2) is 0 Å². The minimum absolute atomic E-state index is 0.176. The molecule has 1 aliphatic heterocycles. The van der Waals surface area contributed by atoms with Crippen molar-refractivity contribution in [1.82, 2.24) is 5.32 Å². The molecule has 0 aromatic carbocycles. The van der Waals surface area contributed by atoms with Gasteiger partial charge in [0.05, 0.1) is 18.4 Å². The van der Waals surface area contributed by atoms with Gasteiger partial charge in [-0.3, -0.25) is 14.6 Å². The molecule has 0 aromatic rings. The van der Waals surface area contributed by atoms with E-state index in [1.165, 1.54) is 11.8 Å². The summed E-state index contributed by atoms with van der Waals surface area (Å²) < 4.78 is 0. The van der Waals surface area contributed by atoms with Crippen LogP contribution in [-0.4, -0.2) is 34.4 Å². The average molecular weight is 256 g/mol. The molecule has 1 saturated carbocycles. The number of hydrogen-bond acceptors (Lipinski definition) is 4. The van der Waals surface area contributed by atoms with Crippen molar-refractivity contribution in [2.75, 3.05) is 12.3 Å². The predicted octanol–water partition coefficient (Wildman–Crippen LogP) is 1.10. The zero-order valence-corrected chi connectivity index (χ0v) is 10.3. The number of hydrogen-bond donors (Lipinski definition) is 2. The Hall–Kier alpha value is -1.04. The fourth-order valence-corrected chi connectivity index (χ4v) is 3.08. The molecular weight excluding hydrogens is 240 g/mol. The maximum atomic E-state index is 12.0. The van der Waals surface area contributed by atoms with Crippen LogP contribution in [0.15, 0.2) is 4.99 Å². The standard InChI is InChI=1S/C11H16N2O3S/c14-9(13-11-12-5-6-17-11)7-3-1-2-4-8(7)10(15)16/h7-8H,1-6H2,(H,15,16)(H,12,13,14)/t7-,8-/m1/s1. The van der Waals surface area contributed by atoms with Crippen LogP contribution in [0.1, 0.15) is 25.7 Å². The van der Waals surface area contributed by atoms with Gasteiger partial charge in [-0.05, 0) is 12.8 Å². The monoisotopic (exact) mass is 256 g/mol. The lowest BCUT2D eigenvalue weighted by atomic mass is 9.79. The maximum absolute atomic E-state index is 12.0. The number of amides is 1. The van der Waals surface area contributed by atoms with Crippen LogP contribution in [0.5, 0.6) is 0 Å². The van der Waals surface area contributed by atoms with Gasteiger partial charge >= 0.3 is 5.97 Å². The van der Waals surface area contributed by atoms with Gasteiger partial charge in [0.1, 0.15) is 0 Å². The van der Waals surface area contributed by atoms with E-state index in [4.69, 9.17) is 5.11 Å². The van der Waals surface area contributed by atoms with E-state index in [-0.39, 0.29) is 5.91 Å². The summed E-state index contributed by atoms with van der Waals surface area (Å²) in [5.41, 5.74) is 0. The number of carbonyl (C=O) groups is 2. The van der Waals surface area contributed by atoms with Crippen LogP contribution in [0.3, 0.4) is 0 Å². The number of thioether (sulfide) groups is 1. The number of carboxylic acid groups (broad SMARTS) is 1. The van der Waals surface area contributed by atoms with E-state index in [9.17, 15) is 9.59 Å². The first-order valence-electron chi connectivity index (χ1n) is 5.89. The van der Waals surface area contributed by atoms with Gasteiger partial charge in [0.15, 0.2) is 5.17 Å². The lowest BCUT2D eigenvalue weighted by Crippen LogP contribution is -2.41. The minimum Gasteiger partial charge on any atom is -0.481 e. The second-order valence-corrected chi connectivity index (χ2v) is 5.44. The topological polar surface area (TPSA) is 78.8 Å².